The van der Waals surface area contributed by atoms with Gasteiger partial charge >= 0.3 is 5.97 Å². The molecule has 126 valence electrons. The number of carbonyl (C=O) groups excluding carboxylic acids is 2. The van der Waals surface area contributed by atoms with E-state index in [1.54, 1.807) is 0 Å². The quantitative estimate of drug-likeness (QED) is 0.558. The molecule has 0 amide bonds. The fraction of sp³-hybridized carbons (Fsp3) is 0.600. The zero-order valence-electron chi connectivity index (χ0n) is 15.1. The molecule has 23 heavy (non-hydrogen) atoms. The Hall–Kier alpha value is -1.64. The molecule has 0 heterocycles. The fourth-order valence-corrected chi connectivity index (χ4v) is 3.43. The first-order valence-electron chi connectivity index (χ1n) is 8.46. The molecule has 3 nitrogen and oxygen atoms in total. The molecule has 3 atom stereocenters. The van der Waals surface area contributed by atoms with E-state index in [0.717, 1.165) is 12.0 Å². The Bertz CT molecular complexity index is 600. The highest BCUT2D eigenvalue weighted by Crippen LogP contribution is 2.60. The van der Waals surface area contributed by atoms with E-state index in [4.69, 9.17) is 4.74 Å². The van der Waals surface area contributed by atoms with E-state index in [0.29, 0.717) is 5.57 Å². The van der Waals surface area contributed by atoms with E-state index in [1.807, 2.05) is 39.8 Å². The Kier molecular flexibility index (Phi) is 4.98. The lowest BCUT2D eigenvalue weighted by atomic mass is 10.1. The molecule has 0 bridgehead atoms. The summed E-state index contributed by atoms with van der Waals surface area (Å²) in [6.45, 7) is 12.2. The average molecular weight is 316 g/mol. The number of esters is 1. The lowest BCUT2D eigenvalue weighted by molar-refractivity contribution is -0.150. The van der Waals surface area contributed by atoms with Gasteiger partial charge < -0.3 is 4.74 Å². The van der Waals surface area contributed by atoms with Crippen LogP contribution >= 0.6 is 0 Å². The summed E-state index contributed by atoms with van der Waals surface area (Å²) in [7, 11) is 0. The molecular weight excluding hydrogens is 288 g/mol. The summed E-state index contributed by atoms with van der Waals surface area (Å²) in [5.74, 6) is 0.0349. The first kappa shape index (κ1) is 17.7. The smallest absolute Gasteiger partial charge is 0.310 e. The molecule has 0 aromatic carbocycles. The van der Waals surface area contributed by atoms with Crippen molar-refractivity contribution in [1.29, 1.82) is 0 Å². The molecule has 0 aromatic heterocycles. The molecule has 1 saturated carbocycles. The number of hydrogen-bond acceptors (Lipinski definition) is 3. The van der Waals surface area contributed by atoms with Crippen LogP contribution in [0.1, 0.15) is 54.4 Å². The third kappa shape index (κ3) is 3.49. The van der Waals surface area contributed by atoms with Gasteiger partial charge in [0.15, 0.2) is 5.78 Å². The molecule has 2 aliphatic rings. The molecule has 0 aromatic rings. The SMILES string of the molecule is CC/C=C/C1=C(C)C(OC(=O)C2C(C=C(C)C)C2(C)C)CC1=O. The van der Waals surface area contributed by atoms with Gasteiger partial charge in [-0.3, -0.25) is 9.59 Å². The minimum atomic E-state index is -0.393. The van der Waals surface area contributed by atoms with E-state index >= 15 is 0 Å². The van der Waals surface area contributed by atoms with Crippen LogP contribution in [-0.2, 0) is 14.3 Å². The Balaban J connectivity index is 2.08. The van der Waals surface area contributed by atoms with Gasteiger partial charge in [-0.2, -0.15) is 0 Å². The van der Waals surface area contributed by atoms with Gasteiger partial charge in [0.25, 0.3) is 0 Å². The van der Waals surface area contributed by atoms with Crippen molar-refractivity contribution in [2.24, 2.45) is 17.3 Å². The zero-order chi connectivity index (χ0) is 17.4. The summed E-state index contributed by atoms with van der Waals surface area (Å²) in [6.07, 6.45) is 6.75. The van der Waals surface area contributed by atoms with Crippen molar-refractivity contribution in [1.82, 2.24) is 0 Å². The third-order valence-corrected chi connectivity index (χ3v) is 5.04. The number of ketones is 1. The summed E-state index contributed by atoms with van der Waals surface area (Å²) in [6, 6.07) is 0. The van der Waals surface area contributed by atoms with Crippen LogP contribution in [-0.4, -0.2) is 17.9 Å². The third-order valence-electron chi connectivity index (χ3n) is 5.04. The van der Waals surface area contributed by atoms with E-state index in [1.165, 1.54) is 5.57 Å². The second kappa shape index (κ2) is 6.46. The first-order chi connectivity index (χ1) is 10.7. The topological polar surface area (TPSA) is 43.4 Å². The number of carbonyl (C=O) groups is 2. The van der Waals surface area contributed by atoms with Crippen molar-refractivity contribution < 1.29 is 14.3 Å². The summed E-state index contributed by atoms with van der Waals surface area (Å²) in [5.41, 5.74) is 2.75. The van der Waals surface area contributed by atoms with E-state index in [9.17, 15) is 9.59 Å². The molecule has 3 heteroatoms. The van der Waals surface area contributed by atoms with Crippen LogP contribution in [0, 0.1) is 17.3 Å². The second-order valence-electron chi connectivity index (χ2n) is 7.53. The van der Waals surface area contributed by atoms with Crippen LogP contribution in [0.4, 0.5) is 0 Å². The molecule has 2 aliphatic carbocycles. The van der Waals surface area contributed by atoms with E-state index in [2.05, 4.69) is 19.9 Å². The number of ether oxygens (including phenoxy) is 1. The van der Waals surface area contributed by atoms with Crippen LogP contribution in [0.5, 0.6) is 0 Å². The number of Topliss-reactive ketones (excluding diaryl/α,β-unsaturated/α-hetero) is 1. The zero-order valence-corrected chi connectivity index (χ0v) is 15.1. The van der Waals surface area contributed by atoms with Crippen LogP contribution < -0.4 is 0 Å². The Morgan fingerprint density at radius 1 is 1.35 bits per heavy atom. The van der Waals surface area contributed by atoms with Gasteiger partial charge in [0.1, 0.15) is 6.10 Å². The predicted molar refractivity (Wildman–Crippen MR) is 91.8 cm³/mol. The monoisotopic (exact) mass is 316 g/mol. The average Bonchev–Trinajstić information content (AvgIpc) is 2.86. The van der Waals surface area contributed by atoms with Crippen molar-refractivity contribution in [2.75, 3.05) is 0 Å². The Labute approximate surface area is 139 Å². The van der Waals surface area contributed by atoms with E-state index < -0.39 is 6.10 Å². The second-order valence-corrected chi connectivity index (χ2v) is 7.53. The molecule has 0 saturated heterocycles. The molecule has 0 N–H and O–H groups in total. The number of rotatable bonds is 5. The highest BCUT2D eigenvalue weighted by atomic mass is 16.5. The van der Waals surface area contributed by atoms with Gasteiger partial charge in [0, 0.05) is 5.57 Å². The van der Waals surface area contributed by atoms with Gasteiger partial charge in [0.05, 0.1) is 12.3 Å². The standard InChI is InChI=1S/C20H28O3/c1-7-8-9-14-13(4)17(11-16(14)21)23-19(22)18-15(10-12(2)3)20(18,5)6/h8-10,15,17-18H,7,11H2,1-6H3/b9-8+. The molecule has 0 radical (unpaired) electrons. The molecular formula is C20H28O3. The first-order valence-corrected chi connectivity index (χ1v) is 8.46. The normalized spacial score (nSPS) is 29.1. The fourth-order valence-electron chi connectivity index (χ4n) is 3.43. The largest absolute Gasteiger partial charge is 0.457 e. The maximum Gasteiger partial charge on any atom is 0.310 e. The Morgan fingerprint density at radius 3 is 2.57 bits per heavy atom. The van der Waals surface area contributed by atoms with Crippen LogP contribution in [0.15, 0.2) is 34.9 Å². The van der Waals surface area contributed by atoms with Crippen molar-refractivity contribution in [2.45, 2.75) is 60.5 Å². The minimum Gasteiger partial charge on any atom is -0.457 e. The number of hydrogen-bond donors (Lipinski definition) is 0. The molecule has 0 aliphatic heterocycles. The van der Waals surface area contributed by atoms with Gasteiger partial charge in [-0.1, -0.05) is 44.6 Å². The van der Waals surface area contributed by atoms with Gasteiger partial charge in [-0.05, 0) is 44.1 Å². The maximum absolute atomic E-state index is 12.5. The van der Waals surface area contributed by atoms with Crippen LogP contribution in [0.25, 0.3) is 0 Å². The lowest BCUT2D eigenvalue weighted by Gasteiger charge is -2.13. The maximum atomic E-state index is 12.5. The van der Waals surface area contributed by atoms with Gasteiger partial charge in [-0.25, -0.2) is 0 Å². The summed E-state index contributed by atoms with van der Waals surface area (Å²) in [5, 5.41) is 0. The van der Waals surface area contributed by atoms with Gasteiger partial charge in [-0.15, -0.1) is 0 Å². The molecule has 3 unspecified atom stereocenters. The van der Waals surface area contributed by atoms with Crippen molar-refractivity contribution in [3.8, 4) is 0 Å². The molecule has 0 spiro atoms. The highest BCUT2D eigenvalue weighted by molar-refractivity contribution is 6.02. The molecule has 2 rings (SSSR count). The summed E-state index contributed by atoms with van der Waals surface area (Å²) in [4.78, 5) is 24.6. The van der Waals surface area contributed by atoms with Gasteiger partial charge in [0.2, 0.25) is 0 Å². The molecule has 1 fully saturated rings. The van der Waals surface area contributed by atoms with Crippen molar-refractivity contribution in [3.05, 3.63) is 34.9 Å². The lowest BCUT2D eigenvalue weighted by Crippen LogP contribution is -2.20. The summed E-state index contributed by atoms with van der Waals surface area (Å²) < 4.78 is 5.69. The highest BCUT2D eigenvalue weighted by Gasteiger charge is 2.61. The minimum absolute atomic E-state index is 0.0560. The van der Waals surface area contributed by atoms with Crippen LogP contribution in [0.2, 0.25) is 0 Å². The predicted octanol–water partition coefficient (Wildman–Crippen LogP) is 4.39. The van der Waals surface area contributed by atoms with Crippen molar-refractivity contribution >= 4 is 11.8 Å². The van der Waals surface area contributed by atoms with Crippen LogP contribution in [0.3, 0.4) is 0 Å². The van der Waals surface area contributed by atoms with E-state index in [-0.39, 0.29) is 35.4 Å². The summed E-state index contributed by atoms with van der Waals surface area (Å²) >= 11 is 0. The number of allylic oxidation sites excluding steroid dienone is 5. The Morgan fingerprint density at radius 2 is 2.00 bits per heavy atom. The van der Waals surface area contributed by atoms with Crippen molar-refractivity contribution in [3.63, 3.8) is 0 Å².